The SMILES string of the molecule is Cc1nc2ncccn2c1C(=O)NC[C@@]1(O)CCNC1. The Balaban J connectivity index is 1.80. The first kappa shape index (κ1) is 13.0. The molecule has 2 aromatic heterocycles. The number of fused-ring (bicyclic) bond motifs is 1. The van der Waals surface area contributed by atoms with Crippen LogP contribution >= 0.6 is 0 Å². The summed E-state index contributed by atoms with van der Waals surface area (Å²) in [5, 5.41) is 16.1. The van der Waals surface area contributed by atoms with Gasteiger partial charge in [0.1, 0.15) is 5.69 Å². The van der Waals surface area contributed by atoms with Gasteiger partial charge in [0, 0.05) is 25.5 Å². The molecular weight excluding hydrogens is 258 g/mol. The second-order valence-corrected chi connectivity index (χ2v) is 5.17. The molecule has 1 fully saturated rings. The predicted octanol–water partition coefficient (Wildman–Crippen LogP) is -0.508. The minimum absolute atomic E-state index is 0.228. The summed E-state index contributed by atoms with van der Waals surface area (Å²) in [6, 6.07) is 1.75. The molecule has 0 spiro atoms. The van der Waals surface area contributed by atoms with Crippen LogP contribution in [0.3, 0.4) is 0 Å². The van der Waals surface area contributed by atoms with Crippen LogP contribution in [0, 0.1) is 6.92 Å². The summed E-state index contributed by atoms with van der Waals surface area (Å²) in [7, 11) is 0. The van der Waals surface area contributed by atoms with Gasteiger partial charge in [-0.05, 0) is 26.0 Å². The first-order chi connectivity index (χ1) is 9.59. The minimum atomic E-state index is -0.859. The number of carbonyl (C=O) groups excluding carboxylic acids is 1. The number of amides is 1. The molecule has 0 radical (unpaired) electrons. The molecule has 0 bridgehead atoms. The van der Waals surface area contributed by atoms with Gasteiger partial charge >= 0.3 is 0 Å². The maximum Gasteiger partial charge on any atom is 0.270 e. The van der Waals surface area contributed by atoms with E-state index in [1.165, 1.54) is 0 Å². The number of aryl methyl sites for hydroxylation is 1. The Hall–Kier alpha value is -1.99. The summed E-state index contributed by atoms with van der Waals surface area (Å²) in [5.74, 6) is 0.250. The van der Waals surface area contributed by atoms with Crippen molar-refractivity contribution in [2.24, 2.45) is 0 Å². The first-order valence-electron chi connectivity index (χ1n) is 6.60. The first-order valence-corrected chi connectivity index (χ1v) is 6.60. The summed E-state index contributed by atoms with van der Waals surface area (Å²) in [4.78, 5) is 20.7. The monoisotopic (exact) mass is 275 g/mol. The van der Waals surface area contributed by atoms with E-state index in [-0.39, 0.29) is 12.5 Å². The lowest BCUT2D eigenvalue weighted by Gasteiger charge is -2.21. The normalized spacial score (nSPS) is 22.3. The number of aromatic nitrogens is 3. The van der Waals surface area contributed by atoms with Gasteiger partial charge in [-0.2, -0.15) is 0 Å². The van der Waals surface area contributed by atoms with E-state index in [9.17, 15) is 9.90 Å². The molecule has 3 heterocycles. The lowest BCUT2D eigenvalue weighted by molar-refractivity contribution is 0.0560. The number of aliphatic hydroxyl groups is 1. The Labute approximate surface area is 116 Å². The van der Waals surface area contributed by atoms with E-state index in [0.717, 1.165) is 6.54 Å². The lowest BCUT2D eigenvalue weighted by Crippen LogP contribution is -2.44. The van der Waals surface area contributed by atoms with Gasteiger partial charge in [-0.1, -0.05) is 0 Å². The zero-order valence-corrected chi connectivity index (χ0v) is 11.3. The average molecular weight is 275 g/mol. The minimum Gasteiger partial charge on any atom is -0.387 e. The van der Waals surface area contributed by atoms with E-state index >= 15 is 0 Å². The average Bonchev–Trinajstić information content (AvgIpc) is 2.99. The highest BCUT2D eigenvalue weighted by atomic mass is 16.3. The molecule has 1 saturated heterocycles. The molecule has 0 aliphatic carbocycles. The van der Waals surface area contributed by atoms with Crippen LogP contribution in [-0.4, -0.2) is 50.6 Å². The van der Waals surface area contributed by atoms with Crippen molar-refractivity contribution in [2.45, 2.75) is 18.9 Å². The Bertz CT molecular complexity index is 645. The van der Waals surface area contributed by atoms with Crippen LogP contribution in [0.1, 0.15) is 22.6 Å². The smallest absolute Gasteiger partial charge is 0.270 e. The predicted molar refractivity (Wildman–Crippen MR) is 72.5 cm³/mol. The van der Waals surface area contributed by atoms with Crippen LogP contribution in [-0.2, 0) is 0 Å². The van der Waals surface area contributed by atoms with Crippen molar-refractivity contribution >= 4 is 11.7 Å². The molecule has 106 valence electrons. The molecule has 3 N–H and O–H groups in total. The fourth-order valence-electron chi connectivity index (χ4n) is 2.48. The number of nitrogens with one attached hydrogen (secondary N) is 2. The van der Waals surface area contributed by atoms with E-state index in [2.05, 4.69) is 20.6 Å². The lowest BCUT2D eigenvalue weighted by atomic mass is 10.0. The van der Waals surface area contributed by atoms with Crippen molar-refractivity contribution in [3.8, 4) is 0 Å². The standard InChI is InChI=1S/C13H17N5O2/c1-9-10(18-6-2-4-15-12(18)17-9)11(19)16-8-13(20)3-5-14-7-13/h2,4,6,14,20H,3,5,7-8H2,1H3,(H,16,19)/t13-/m1/s1. The van der Waals surface area contributed by atoms with Crippen LogP contribution in [0.5, 0.6) is 0 Å². The maximum absolute atomic E-state index is 12.3. The zero-order chi connectivity index (χ0) is 14.2. The molecule has 1 aliphatic heterocycles. The maximum atomic E-state index is 12.3. The van der Waals surface area contributed by atoms with Crippen LogP contribution in [0.25, 0.3) is 5.78 Å². The van der Waals surface area contributed by atoms with Crippen LogP contribution in [0.4, 0.5) is 0 Å². The molecular formula is C13H17N5O2. The van der Waals surface area contributed by atoms with Gasteiger partial charge in [0.05, 0.1) is 11.3 Å². The molecule has 0 aromatic carbocycles. The quantitative estimate of drug-likeness (QED) is 0.702. The molecule has 0 unspecified atom stereocenters. The molecule has 7 heteroatoms. The van der Waals surface area contributed by atoms with Gasteiger partial charge in [-0.15, -0.1) is 0 Å². The zero-order valence-electron chi connectivity index (χ0n) is 11.3. The largest absolute Gasteiger partial charge is 0.387 e. The summed E-state index contributed by atoms with van der Waals surface area (Å²) in [5.41, 5.74) is 0.225. The summed E-state index contributed by atoms with van der Waals surface area (Å²) >= 11 is 0. The summed E-state index contributed by atoms with van der Waals surface area (Å²) in [6.45, 7) is 3.27. The van der Waals surface area contributed by atoms with Crippen molar-refractivity contribution in [3.63, 3.8) is 0 Å². The number of β-amino-alcohol motifs (C(OH)–C–C–N with tert-alkyl or cyclic N) is 1. The highest BCUT2D eigenvalue weighted by Gasteiger charge is 2.31. The molecule has 20 heavy (non-hydrogen) atoms. The number of nitrogens with zero attached hydrogens (tertiary/aromatic N) is 3. The van der Waals surface area contributed by atoms with E-state index in [4.69, 9.17) is 0 Å². The third-order valence-electron chi connectivity index (χ3n) is 3.59. The molecule has 1 aliphatic rings. The molecule has 1 atom stereocenters. The van der Waals surface area contributed by atoms with Crippen LogP contribution in [0.2, 0.25) is 0 Å². The molecule has 7 nitrogen and oxygen atoms in total. The number of carbonyl (C=O) groups is 1. The van der Waals surface area contributed by atoms with Crippen LogP contribution < -0.4 is 10.6 Å². The Kier molecular flexibility index (Phi) is 3.15. The fraction of sp³-hybridized carbons (Fsp3) is 0.462. The number of imidazole rings is 1. The van der Waals surface area contributed by atoms with Gasteiger partial charge in [0.25, 0.3) is 5.91 Å². The molecule has 1 amide bonds. The van der Waals surface area contributed by atoms with Gasteiger partial charge in [0.15, 0.2) is 0 Å². The Morgan fingerprint density at radius 2 is 2.50 bits per heavy atom. The van der Waals surface area contributed by atoms with E-state index in [0.29, 0.717) is 30.1 Å². The highest BCUT2D eigenvalue weighted by Crippen LogP contribution is 2.14. The second-order valence-electron chi connectivity index (χ2n) is 5.17. The summed E-state index contributed by atoms with van der Waals surface area (Å²) in [6.07, 6.45) is 4.03. The van der Waals surface area contributed by atoms with Crippen molar-refractivity contribution < 1.29 is 9.90 Å². The van der Waals surface area contributed by atoms with Gasteiger partial charge in [0.2, 0.25) is 5.78 Å². The van der Waals surface area contributed by atoms with Gasteiger partial charge in [-0.3, -0.25) is 9.20 Å². The van der Waals surface area contributed by atoms with Crippen molar-refractivity contribution in [1.82, 2.24) is 25.0 Å². The van der Waals surface area contributed by atoms with Crippen molar-refractivity contribution in [3.05, 3.63) is 29.8 Å². The van der Waals surface area contributed by atoms with Gasteiger partial charge < -0.3 is 15.7 Å². The topological polar surface area (TPSA) is 91.6 Å². The number of hydrogen-bond acceptors (Lipinski definition) is 5. The molecule has 3 rings (SSSR count). The third-order valence-corrected chi connectivity index (χ3v) is 3.59. The van der Waals surface area contributed by atoms with E-state index in [1.54, 1.807) is 29.8 Å². The number of rotatable bonds is 3. The number of hydrogen-bond donors (Lipinski definition) is 3. The molecule has 0 saturated carbocycles. The Morgan fingerprint density at radius 3 is 3.25 bits per heavy atom. The highest BCUT2D eigenvalue weighted by molar-refractivity contribution is 5.94. The molecule has 2 aromatic rings. The van der Waals surface area contributed by atoms with Crippen molar-refractivity contribution in [2.75, 3.05) is 19.6 Å². The van der Waals surface area contributed by atoms with E-state index < -0.39 is 5.60 Å². The van der Waals surface area contributed by atoms with Crippen molar-refractivity contribution in [1.29, 1.82) is 0 Å². The van der Waals surface area contributed by atoms with Crippen LogP contribution in [0.15, 0.2) is 18.5 Å². The van der Waals surface area contributed by atoms with E-state index in [1.807, 2.05) is 0 Å². The summed E-state index contributed by atoms with van der Waals surface area (Å²) < 4.78 is 1.65. The van der Waals surface area contributed by atoms with Gasteiger partial charge in [-0.25, -0.2) is 9.97 Å². The Morgan fingerprint density at radius 1 is 1.65 bits per heavy atom. The third kappa shape index (κ3) is 2.25. The fourth-order valence-corrected chi connectivity index (χ4v) is 2.48. The second kappa shape index (κ2) is 4.84.